The summed E-state index contributed by atoms with van der Waals surface area (Å²) in [6.45, 7) is 1.26. The number of aromatic nitrogens is 6. The first-order valence-corrected chi connectivity index (χ1v) is 22.2. The Hall–Kier alpha value is -7.59. The number of halogens is 7. The molecule has 1 fully saturated rings. The highest BCUT2D eigenvalue weighted by Crippen LogP contribution is 2.50. The minimum atomic E-state index is -5.22. The molecule has 2 aliphatic heterocycles. The maximum absolute atomic E-state index is 15.2. The van der Waals surface area contributed by atoms with Gasteiger partial charge in [-0.15, -0.1) is 10.2 Å². The molecule has 0 bridgehead atoms. The van der Waals surface area contributed by atoms with Crippen LogP contribution in [0.1, 0.15) is 5.56 Å². The van der Waals surface area contributed by atoms with Crippen molar-refractivity contribution in [2.75, 3.05) is 89.5 Å². The van der Waals surface area contributed by atoms with Gasteiger partial charge in [-0.2, -0.15) is 13.2 Å². The standard InChI is InChI=1S/C40H34Cl4F3N19O5/c41-21-1-3-23(26(43)17-21)33-25(39(40(45,46)47)58-60-61-59-39)19-52-37(56-33)63(11-9-50-31-7-5-28(65(67)68)35(48)54-31)64(12-10-51-32-8-6-29(66(69)70)36(49)55-32)38-53-20-30(62-13-15-71-16-14-62)34(57-38)24-4-2-22(42)18-27(24)44/h1-8,17-20H,9-16H2,(H3,48,50,54)(H3,49,51,55). The first-order chi connectivity index (χ1) is 33.9. The van der Waals surface area contributed by atoms with Gasteiger partial charge in [0.25, 0.3) is 0 Å². The van der Waals surface area contributed by atoms with E-state index in [2.05, 4.69) is 46.3 Å². The van der Waals surface area contributed by atoms with Crippen molar-refractivity contribution in [1.82, 2.24) is 29.9 Å². The van der Waals surface area contributed by atoms with Crippen molar-refractivity contribution >= 4 is 98.6 Å². The molecule has 0 amide bonds. The number of hydrogen-bond donors (Lipinski definition) is 4. The number of nitrogens with one attached hydrogen (secondary N) is 2. The van der Waals surface area contributed by atoms with Crippen molar-refractivity contribution < 1.29 is 27.8 Å². The highest BCUT2D eigenvalue weighted by Gasteiger charge is 2.62. The van der Waals surface area contributed by atoms with E-state index in [-0.39, 0.29) is 82.0 Å². The molecule has 0 atom stereocenters. The third kappa shape index (κ3) is 10.6. The van der Waals surface area contributed by atoms with Crippen LogP contribution >= 0.6 is 46.4 Å². The Bertz CT molecular complexity index is 3070. The minimum Gasteiger partial charge on any atom is -0.378 e. The Kier molecular flexibility index (Phi) is 14.6. The number of pyridine rings is 2. The zero-order valence-corrected chi connectivity index (χ0v) is 39.2. The maximum Gasteiger partial charge on any atom is 0.442 e. The zero-order valence-electron chi connectivity index (χ0n) is 36.1. The van der Waals surface area contributed by atoms with Crippen LogP contribution < -0.4 is 37.0 Å². The van der Waals surface area contributed by atoms with Crippen molar-refractivity contribution in [3.8, 4) is 22.5 Å². The molecule has 2 aromatic carbocycles. The van der Waals surface area contributed by atoms with Crippen LogP contribution in [0.3, 0.4) is 0 Å². The second-order valence-electron chi connectivity index (χ2n) is 15.0. The topological polar surface area (TPSA) is 308 Å². The number of rotatable bonds is 17. The van der Waals surface area contributed by atoms with Gasteiger partial charge in [0.05, 0.1) is 69.3 Å². The number of nitrogens with two attached hydrogens (primary N) is 2. The third-order valence-corrected chi connectivity index (χ3v) is 11.8. The molecule has 0 unspecified atom stereocenters. The van der Waals surface area contributed by atoms with Gasteiger partial charge in [0.1, 0.15) is 17.3 Å². The fourth-order valence-electron chi connectivity index (χ4n) is 7.29. The average molecular weight is 1060 g/mol. The van der Waals surface area contributed by atoms with Crippen molar-refractivity contribution in [3.05, 3.63) is 119 Å². The number of alkyl halides is 3. The van der Waals surface area contributed by atoms with E-state index in [4.69, 9.17) is 77.6 Å². The summed E-state index contributed by atoms with van der Waals surface area (Å²) in [4.78, 5) is 51.0. The molecule has 6 heterocycles. The minimum absolute atomic E-state index is 0.0392. The van der Waals surface area contributed by atoms with E-state index in [1.807, 2.05) is 4.90 Å². The van der Waals surface area contributed by atoms with Crippen LogP contribution in [-0.2, 0) is 10.4 Å². The average Bonchev–Trinajstić information content (AvgIpc) is 3.84. The Labute approximate surface area is 418 Å². The molecule has 6 aromatic rings. The number of hydrazine groups is 1. The largest absolute Gasteiger partial charge is 0.442 e. The molecule has 4 aromatic heterocycles. The Balaban J connectivity index is 1.31. The van der Waals surface area contributed by atoms with Crippen LogP contribution in [0.5, 0.6) is 0 Å². The van der Waals surface area contributed by atoms with Gasteiger partial charge in [-0.1, -0.05) is 46.4 Å². The van der Waals surface area contributed by atoms with Gasteiger partial charge in [0.2, 0.25) is 23.5 Å². The van der Waals surface area contributed by atoms with Crippen molar-refractivity contribution in [2.24, 2.45) is 20.7 Å². The van der Waals surface area contributed by atoms with Crippen LogP contribution in [0.2, 0.25) is 20.1 Å². The summed E-state index contributed by atoms with van der Waals surface area (Å²) in [6, 6.07) is 13.9. The molecule has 2 aliphatic rings. The molecule has 31 heteroatoms. The quantitative estimate of drug-likeness (QED) is 0.0489. The lowest BCUT2D eigenvalue weighted by molar-refractivity contribution is -0.384. The number of hydrogen-bond acceptors (Lipinski definition) is 22. The molecule has 368 valence electrons. The van der Waals surface area contributed by atoms with Gasteiger partial charge in [-0.25, -0.2) is 39.9 Å². The van der Waals surface area contributed by atoms with Crippen LogP contribution in [0.15, 0.2) is 93.7 Å². The van der Waals surface area contributed by atoms with E-state index in [0.717, 1.165) is 12.3 Å². The smallest absolute Gasteiger partial charge is 0.378 e. The summed E-state index contributed by atoms with van der Waals surface area (Å²) < 4.78 is 51.1. The Morgan fingerprint density at radius 2 is 1.18 bits per heavy atom. The van der Waals surface area contributed by atoms with Gasteiger partial charge in [0.15, 0.2) is 0 Å². The molecule has 8 rings (SSSR count). The number of nitrogens with zero attached hydrogens (tertiary/aromatic N) is 15. The van der Waals surface area contributed by atoms with Crippen LogP contribution in [0.4, 0.5) is 65.4 Å². The van der Waals surface area contributed by atoms with E-state index >= 15 is 13.2 Å². The SMILES string of the molecule is Nc1nc(NCCN(c2ncc(N3CCOCC3)c(-c3ccc(Cl)cc3Cl)n2)N(CCNc2ccc([N+](=O)[O-])c(N)n2)c2ncc(C3(C(F)(F)F)N=NN=N3)c(-c3ccc(Cl)cc3Cl)n2)ccc1[N+](=O)[O-]. The molecule has 71 heavy (non-hydrogen) atoms. The number of anilines is 7. The van der Waals surface area contributed by atoms with E-state index in [1.54, 1.807) is 24.4 Å². The van der Waals surface area contributed by atoms with Crippen LogP contribution in [-0.4, -0.2) is 98.4 Å². The lowest BCUT2D eigenvalue weighted by Gasteiger charge is -2.36. The summed E-state index contributed by atoms with van der Waals surface area (Å²) in [5, 5.41) is 45.9. The van der Waals surface area contributed by atoms with E-state index in [9.17, 15) is 20.2 Å². The normalized spacial score (nSPS) is 14.1. The second kappa shape index (κ2) is 20.8. The predicted molar refractivity (Wildman–Crippen MR) is 258 cm³/mol. The molecule has 24 nitrogen and oxygen atoms in total. The predicted octanol–water partition coefficient (Wildman–Crippen LogP) is 8.82. The summed E-state index contributed by atoms with van der Waals surface area (Å²) in [5.41, 5.74) is 7.76. The number of ether oxygens (including phenoxy) is 1. The van der Waals surface area contributed by atoms with Crippen LogP contribution in [0.25, 0.3) is 22.5 Å². The summed E-state index contributed by atoms with van der Waals surface area (Å²) >= 11 is 26.1. The van der Waals surface area contributed by atoms with Gasteiger partial charge < -0.3 is 31.7 Å². The number of nitro groups is 2. The molecule has 6 N–H and O–H groups in total. The van der Waals surface area contributed by atoms with Crippen molar-refractivity contribution in [2.45, 2.75) is 11.8 Å². The number of nitrogen functional groups attached to an aromatic ring is 2. The molecule has 0 spiro atoms. The molecular formula is C40H34Cl4F3N19O5. The van der Waals surface area contributed by atoms with Crippen LogP contribution in [0, 0.1) is 20.2 Å². The van der Waals surface area contributed by atoms with Crippen molar-refractivity contribution in [1.29, 1.82) is 0 Å². The highest BCUT2D eigenvalue weighted by atomic mass is 35.5. The number of morpholine rings is 1. The van der Waals surface area contributed by atoms with Gasteiger partial charge in [-0.05, 0) is 59.0 Å². The lowest BCUT2D eigenvalue weighted by atomic mass is 9.96. The molecule has 0 aliphatic carbocycles. The fraction of sp³-hybridized carbons (Fsp3) is 0.250. The molecule has 0 radical (unpaired) electrons. The maximum atomic E-state index is 15.2. The first kappa shape index (κ1) is 49.8. The van der Waals surface area contributed by atoms with Crippen molar-refractivity contribution in [3.63, 3.8) is 0 Å². The van der Waals surface area contributed by atoms with Gasteiger partial charge >= 0.3 is 23.2 Å². The first-order valence-electron chi connectivity index (χ1n) is 20.7. The number of benzene rings is 2. The summed E-state index contributed by atoms with van der Waals surface area (Å²) in [7, 11) is 0. The monoisotopic (exact) mass is 1060 g/mol. The van der Waals surface area contributed by atoms with E-state index < -0.39 is 44.3 Å². The fourth-order valence-corrected chi connectivity index (χ4v) is 8.28. The summed E-state index contributed by atoms with van der Waals surface area (Å²) in [6.07, 6.45) is -2.79. The highest BCUT2D eigenvalue weighted by molar-refractivity contribution is 6.37. The van der Waals surface area contributed by atoms with E-state index in [0.29, 0.717) is 48.3 Å². The van der Waals surface area contributed by atoms with E-state index in [1.165, 1.54) is 46.4 Å². The Morgan fingerprint density at radius 1 is 0.704 bits per heavy atom. The summed E-state index contributed by atoms with van der Waals surface area (Å²) in [5.74, 6) is -0.809. The lowest BCUT2D eigenvalue weighted by Crippen LogP contribution is -2.49. The Morgan fingerprint density at radius 3 is 1.65 bits per heavy atom. The molecule has 1 saturated heterocycles. The van der Waals surface area contributed by atoms with Gasteiger partial charge in [-0.3, -0.25) is 20.2 Å². The molecular weight excluding hydrogens is 1030 g/mol. The molecule has 0 saturated carbocycles. The zero-order chi connectivity index (χ0) is 50.6. The third-order valence-electron chi connectivity index (χ3n) is 10.7. The van der Waals surface area contributed by atoms with Gasteiger partial charge in [0, 0.05) is 65.7 Å². The second-order valence-corrected chi connectivity index (χ2v) is 16.7.